The van der Waals surface area contributed by atoms with Gasteiger partial charge in [-0.25, -0.2) is 4.79 Å². The normalized spacial score (nSPS) is 11.6. The molecule has 0 unspecified atom stereocenters. The highest BCUT2D eigenvalue weighted by molar-refractivity contribution is 6.05. The molecule has 0 aliphatic carbocycles. The largest absolute Gasteiger partial charge is 0.463 e. The van der Waals surface area contributed by atoms with Crippen molar-refractivity contribution < 1.29 is 8.83 Å². The molecule has 0 bridgehead atoms. The lowest BCUT2D eigenvalue weighted by Crippen LogP contribution is -2.01. The molecule has 0 saturated heterocycles. The molecule has 0 spiro atoms. The summed E-state index contributed by atoms with van der Waals surface area (Å²) in [5.74, 6) is 0. The fourth-order valence-electron chi connectivity index (χ4n) is 4.09. The summed E-state index contributed by atoms with van der Waals surface area (Å²) < 4.78 is 11.5. The minimum atomic E-state index is -0.306. The van der Waals surface area contributed by atoms with Gasteiger partial charge in [-0.2, -0.15) is 0 Å². The summed E-state index contributed by atoms with van der Waals surface area (Å²) >= 11 is 0. The Morgan fingerprint density at radius 1 is 0.893 bits per heavy atom. The van der Waals surface area contributed by atoms with Gasteiger partial charge in [-0.1, -0.05) is 49.7 Å². The van der Waals surface area contributed by atoms with Crippen molar-refractivity contribution in [3.05, 3.63) is 82.4 Å². The molecule has 3 nitrogen and oxygen atoms in total. The molecule has 0 atom stereocenters. The summed E-state index contributed by atoms with van der Waals surface area (Å²) in [6, 6.07) is 18.5. The van der Waals surface area contributed by atoms with Crippen molar-refractivity contribution in [3.63, 3.8) is 0 Å². The number of furan rings is 1. The lowest BCUT2D eigenvalue weighted by Gasteiger charge is -2.08. The smallest absolute Gasteiger partial charge is 0.336 e. The predicted molar refractivity (Wildman–Crippen MR) is 114 cm³/mol. The molecule has 138 valence electrons. The molecule has 0 aliphatic rings. The SMILES string of the molecule is CCCc1cc(=O)oc2c(C)c3occ(-c4ccc5ccccc5c4)c3cc12. The van der Waals surface area contributed by atoms with Crippen molar-refractivity contribution >= 4 is 32.7 Å². The summed E-state index contributed by atoms with van der Waals surface area (Å²) in [5, 5.41) is 4.46. The molecule has 0 aliphatic heterocycles. The summed E-state index contributed by atoms with van der Waals surface area (Å²) in [5.41, 5.74) is 5.17. The molecule has 2 aromatic heterocycles. The minimum absolute atomic E-state index is 0.306. The lowest BCUT2D eigenvalue weighted by molar-refractivity contribution is 0.554. The summed E-state index contributed by atoms with van der Waals surface area (Å²) in [4.78, 5) is 12.0. The molecule has 0 fully saturated rings. The van der Waals surface area contributed by atoms with E-state index in [4.69, 9.17) is 8.83 Å². The topological polar surface area (TPSA) is 43.4 Å². The van der Waals surface area contributed by atoms with Gasteiger partial charge in [0.25, 0.3) is 0 Å². The van der Waals surface area contributed by atoms with Crippen LogP contribution in [0.3, 0.4) is 0 Å². The Morgan fingerprint density at radius 2 is 1.71 bits per heavy atom. The molecule has 3 heteroatoms. The van der Waals surface area contributed by atoms with Crippen LogP contribution >= 0.6 is 0 Å². The van der Waals surface area contributed by atoms with Crippen LogP contribution < -0.4 is 5.63 Å². The lowest BCUT2D eigenvalue weighted by atomic mass is 9.97. The fraction of sp³-hybridized carbons (Fsp3) is 0.160. The van der Waals surface area contributed by atoms with Crippen molar-refractivity contribution in [2.24, 2.45) is 0 Å². The van der Waals surface area contributed by atoms with Crippen LogP contribution in [0.15, 0.2) is 74.5 Å². The Morgan fingerprint density at radius 3 is 2.54 bits per heavy atom. The van der Waals surface area contributed by atoms with Crippen LogP contribution in [0.5, 0.6) is 0 Å². The monoisotopic (exact) mass is 368 g/mol. The van der Waals surface area contributed by atoms with E-state index in [-0.39, 0.29) is 5.63 Å². The van der Waals surface area contributed by atoms with E-state index >= 15 is 0 Å². The second-order valence-corrected chi connectivity index (χ2v) is 7.31. The minimum Gasteiger partial charge on any atom is -0.463 e. The highest BCUT2D eigenvalue weighted by atomic mass is 16.4. The summed E-state index contributed by atoms with van der Waals surface area (Å²) in [7, 11) is 0. The fourth-order valence-corrected chi connectivity index (χ4v) is 4.09. The maximum atomic E-state index is 12.0. The summed E-state index contributed by atoms with van der Waals surface area (Å²) in [6.45, 7) is 4.07. The van der Waals surface area contributed by atoms with E-state index in [0.717, 1.165) is 51.5 Å². The van der Waals surface area contributed by atoms with Crippen LogP contribution in [-0.2, 0) is 6.42 Å². The van der Waals surface area contributed by atoms with E-state index in [2.05, 4.69) is 49.4 Å². The van der Waals surface area contributed by atoms with Gasteiger partial charge < -0.3 is 8.83 Å². The average molecular weight is 368 g/mol. The van der Waals surface area contributed by atoms with E-state index in [0.29, 0.717) is 5.58 Å². The van der Waals surface area contributed by atoms with Crippen LogP contribution in [0.1, 0.15) is 24.5 Å². The van der Waals surface area contributed by atoms with E-state index in [1.54, 1.807) is 12.3 Å². The second-order valence-electron chi connectivity index (χ2n) is 7.31. The standard InChI is InChI=1S/C25H20O3/c1-3-6-18-12-23(26)28-25-15(2)24-21(13-20(18)25)22(14-27-24)19-10-9-16-7-4-5-8-17(16)11-19/h4-5,7-14H,3,6H2,1-2H3. The highest BCUT2D eigenvalue weighted by Gasteiger charge is 2.17. The zero-order chi connectivity index (χ0) is 19.3. The third kappa shape index (κ3) is 2.55. The van der Waals surface area contributed by atoms with E-state index in [1.165, 1.54) is 10.8 Å². The summed E-state index contributed by atoms with van der Waals surface area (Å²) in [6.07, 6.45) is 3.62. The van der Waals surface area contributed by atoms with Gasteiger partial charge in [0.2, 0.25) is 0 Å². The second kappa shape index (κ2) is 6.38. The average Bonchev–Trinajstić information content (AvgIpc) is 3.13. The van der Waals surface area contributed by atoms with Gasteiger partial charge in [-0.15, -0.1) is 0 Å². The number of aryl methyl sites for hydroxylation is 2. The Kier molecular flexibility index (Phi) is 3.83. The number of fused-ring (bicyclic) bond motifs is 3. The van der Waals surface area contributed by atoms with E-state index in [1.807, 2.05) is 13.0 Å². The Labute approximate surface area is 162 Å². The van der Waals surface area contributed by atoms with E-state index < -0.39 is 0 Å². The van der Waals surface area contributed by atoms with Crippen LogP contribution in [0.25, 0.3) is 43.8 Å². The van der Waals surface area contributed by atoms with Crippen molar-refractivity contribution in [2.45, 2.75) is 26.7 Å². The zero-order valence-corrected chi connectivity index (χ0v) is 15.9. The molecule has 0 amide bonds. The first-order valence-corrected chi connectivity index (χ1v) is 9.62. The van der Waals surface area contributed by atoms with Crippen molar-refractivity contribution in [3.8, 4) is 11.1 Å². The first-order chi connectivity index (χ1) is 13.7. The van der Waals surface area contributed by atoms with Gasteiger partial charge in [-0.3, -0.25) is 0 Å². The number of benzene rings is 3. The van der Waals surface area contributed by atoms with Gasteiger partial charge in [0.05, 0.1) is 6.26 Å². The molecule has 3 aromatic carbocycles. The predicted octanol–water partition coefficient (Wildman–Crippen LogP) is 6.62. The number of rotatable bonds is 3. The molecule has 0 radical (unpaired) electrons. The molecular weight excluding hydrogens is 348 g/mol. The van der Waals surface area contributed by atoms with Crippen LogP contribution in [0.4, 0.5) is 0 Å². The molecule has 0 N–H and O–H groups in total. The quantitative estimate of drug-likeness (QED) is 0.336. The van der Waals surface area contributed by atoms with Crippen molar-refractivity contribution in [2.75, 3.05) is 0 Å². The van der Waals surface area contributed by atoms with Crippen LogP contribution in [0, 0.1) is 6.92 Å². The van der Waals surface area contributed by atoms with Gasteiger partial charge in [-0.05, 0) is 47.4 Å². The molecular formula is C25H20O3. The molecule has 2 heterocycles. The molecule has 28 heavy (non-hydrogen) atoms. The molecule has 5 rings (SSSR count). The van der Waals surface area contributed by atoms with Crippen molar-refractivity contribution in [1.82, 2.24) is 0 Å². The first kappa shape index (κ1) is 16.8. The molecule has 0 saturated carbocycles. The number of hydrogen-bond acceptors (Lipinski definition) is 3. The van der Waals surface area contributed by atoms with Crippen LogP contribution in [0.2, 0.25) is 0 Å². The Hall–Kier alpha value is -3.33. The first-order valence-electron chi connectivity index (χ1n) is 9.62. The Balaban J connectivity index is 1.82. The third-order valence-corrected chi connectivity index (χ3v) is 5.46. The Bertz CT molecular complexity index is 1400. The van der Waals surface area contributed by atoms with Gasteiger partial charge >= 0.3 is 5.63 Å². The van der Waals surface area contributed by atoms with Gasteiger partial charge in [0, 0.05) is 28.0 Å². The maximum absolute atomic E-state index is 12.0. The molecule has 5 aromatic rings. The third-order valence-electron chi connectivity index (χ3n) is 5.46. The zero-order valence-electron chi connectivity index (χ0n) is 15.9. The highest BCUT2D eigenvalue weighted by Crippen LogP contribution is 2.37. The van der Waals surface area contributed by atoms with Gasteiger partial charge in [0.15, 0.2) is 0 Å². The van der Waals surface area contributed by atoms with Crippen molar-refractivity contribution in [1.29, 1.82) is 0 Å². The van der Waals surface area contributed by atoms with E-state index in [9.17, 15) is 4.79 Å². The van der Waals surface area contributed by atoms with Gasteiger partial charge in [0.1, 0.15) is 11.2 Å². The maximum Gasteiger partial charge on any atom is 0.336 e. The van der Waals surface area contributed by atoms with Crippen LogP contribution in [-0.4, -0.2) is 0 Å². The number of hydrogen-bond donors (Lipinski definition) is 0.